The summed E-state index contributed by atoms with van der Waals surface area (Å²) in [7, 11) is -3.65. The van der Waals surface area contributed by atoms with Gasteiger partial charge in [-0.15, -0.1) is 0 Å². The number of carbonyl (C=O) groups excluding carboxylic acids is 1. The molecular weight excluding hydrogens is 360 g/mol. The van der Waals surface area contributed by atoms with Gasteiger partial charge in [0.25, 0.3) is 0 Å². The number of nitrogens with zero attached hydrogens (tertiary/aromatic N) is 1. The summed E-state index contributed by atoms with van der Waals surface area (Å²) in [5, 5.41) is 3.19. The van der Waals surface area contributed by atoms with Crippen LogP contribution in [0.25, 0.3) is 0 Å². The van der Waals surface area contributed by atoms with E-state index in [2.05, 4.69) is 5.32 Å². The van der Waals surface area contributed by atoms with Gasteiger partial charge in [-0.3, -0.25) is 9.10 Å². The molecule has 0 saturated carbocycles. The largest absolute Gasteiger partial charge is 0.324 e. The van der Waals surface area contributed by atoms with Gasteiger partial charge in [-0.2, -0.15) is 0 Å². The molecule has 0 aliphatic heterocycles. The summed E-state index contributed by atoms with van der Waals surface area (Å²) in [6.07, 6.45) is 1.09. The standard InChI is InChI=1S/C18H21ClN2O3S/c1-12-8-13(2)10-17(9-12)21(25(4,23)24)14(3)18(22)20-16-7-5-6-15(19)11-16/h5-11,14H,1-4H3,(H,20,22)/t14-/m1/s1. The molecule has 0 fully saturated rings. The van der Waals surface area contributed by atoms with Crippen LogP contribution < -0.4 is 9.62 Å². The van der Waals surface area contributed by atoms with Gasteiger partial charge in [0.15, 0.2) is 0 Å². The molecule has 134 valence electrons. The highest BCUT2D eigenvalue weighted by Gasteiger charge is 2.29. The molecule has 0 bridgehead atoms. The number of rotatable bonds is 5. The Morgan fingerprint density at radius 1 is 1.12 bits per heavy atom. The maximum atomic E-state index is 12.6. The van der Waals surface area contributed by atoms with Crippen molar-refractivity contribution < 1.29 is 13.2 Å². The first-order valence-electron chi connectivity index (χ1n) is 7.72. The van der Waals surface area contributed by atoms with Crippen molar-refractivity contribution in [2.24, 2.45) is 0 Å². The second-order valence-electron chi connectivity index (χ2n) is 6.08. The summed E-state index contributed by atoms with van der Waals surface area (Å²) >= 11 is 5.92. The number of sulfonamides is 1. The van der Waals surface area contributed by atoms with Gasteiger partial charge < -0.3 is 5.32 Å². The number of hydrogen-bond acceptors (Lipinski definition) is 3. The SMILES string of the molecule is Cc1cc(C)cc(N([C@H](C)C(=O)Nc2cccc(Cl)c2)S(C)(=O)=O)c1. The van der Waals surface area contributed by atoms with Crippen molar-refractivity contribution in [2.45, 2.75) is 26.8 Å². The number of amides is 1. The molecule has 0 aliphatic carbocycles. The molecule has 0 saturated heterocycles. The quantitative estimate of drug-likeness (QED) is 0.858. The van der Waals surface area contributed by atoms with E-state index in [-0.39, 0.29) is 0 Å². The Bertz CT molecular complexity index is 877. The zero-order valence-electron chi connectivity index (χ0n) is 14.6. The molecule has 1 amide bonds. The van der Waals surface area contributed by atoms with E-state index in [1.54, 1.807) is 43.3 Å². The molecule has 0 aromatic heterocycles. The second kappa shape index (κ2) is 7.45. The molecule has 7 heteroatoms. The molecule has 1 N–H and O–H groups in total. The molecular formula is C18H21ClN2O3S. The van der Waals surface area contributed by atoms with E-state index in [0.29, 0.717) is 16.4 Å². The van der Waals surface area contributed by atoms with Crippen molar-refractivity contribution in [3.8, 4) is 0 Å². The first-order chi connectivity index (χ1) is 11.6. The summed E-state index contributed by atoms with van der Waals surface area (Å²) in [5.74, 6) is -0.438. The van der Waals surface area contributed by atoms with Crippen LogP contribution in [0.2, 0.25) is 5.02 Å². The normalized spacial score (nSPS) is 12.5. The van der Waals surface area contributed by atoms with Gasteiger partial charge in [-0.1, -0.05) is 23.7 Å². The first-order valence-corrected chi connectivity index (χ1v) is 9.94. The molecule has 2 aromatic carbocycles. The van der Waals surface area contributed by atoms with Crippen LogP contribution in [-0.2, 0) is 14.8 Å². The van der Waals surface area contributed by atoms with E-state index in [0.717, 1.165) is 21.7 Å². The molecule has 1 atom stereocenters. The van der Waals surface area contributed by atoms with E-state index in [4.69, 9.17) is 11.6 Å². The predicted octanol–water partition coefficient (Wildman–Crippen LogP) is 3.75. The van der Waals surface area contributed by atoms with Gasteiger partial charge in [0.2, 0.25) is 15.9 Å². The van der Waals surface area contributed by atoms with E-state index < -0.39 is 22.0 Å². The second-order valence-corrected chi connectivity index (χ2v) is 8.38. The Balaban J connectivity index is 2.36. The smallest absolute Gasteiger partial charge is 0.247 e. The monoisotopic (exact) mass is 380 g/mol. The number of anilines is 2. The molecule has 25 heavy (non-hydrogen) atoms. The number of carbonyl (C=O) groups is 1. The van der Waals surface area contributed by atoms with E-state index in [1.807, 2.05) is 19.9 Å². The van der Waals surface area contributed by atoms with Crippen LogP contribution in [0, 0.1) is 13.8 Å². The third-order valence-electron chi connectivity index (χ3n) is 3.64. The zero-order valence-corrected chi connectivity index (χ0v) is 16.1. The summed E-state index contributed by atoms with van der Waals surface area (Å²) in [6, 6.07) is 11.2. The van der Waals surface area contributed by atoms with Crippen molar-refractivity contribution in [1.29, 1.82) is 0 Å². The lowest BCUT2D eigenvalue weighted by Crippen LogP contribution is -2.45. The number of benzene rings is 2. The Labute approximate surface area is 153 Å². The molecule has 0 heterocycles. The van der Waals surface area contributed by atoms with Crippen LogP contribution in [0.4, 0.5) is 11.4 Å². The minimum absolute atomic E-state index is 0.438. The third kappa shape index (κ3) is 4.96. The maximum absolute atomic E-state index is 12.6. The Kier molecular flexibility index (Phi) is 5.75. The Hall–Kier alpha value is -2.05. The number of nitrogens with one attached hydrogen (secondary N) is 1. The van der Waals surface area contributed by atoms with Crippen LogP contribution in [0.1, 0.15) is 18.1 Å². The summed E-state index contributed by atoms with van der Waals surface area (Å²) in [6.45, 7) is 5.32. The van der Waals surface area contributed by atoms with Gasteiger partial charge in [0.05, 0.1) is 11.9 Å². The molecule has 0 unspecified atom stereocenters. The molecule has 5 nitrogen and oxygen atoms in total. The van der Waals surface area contributed by atoms with Crippen LogP contribution in [0.15, 0.2) is 42.5 Å². The average molecular weight is 381 g/mol. The fourth-order valence-corrected chi connectivity index (χ4v) is 4.05. The first kappa shape index (κ1) is 19.3. The van der Waals surface area contributed by atoms with Gasteiger partial charge in [0.1, 0.15) is 6.04 Å². The fraction of sp³-hybridized carbons (Fsp3) is 0.278. The fourth-order valence-electron chi connectivity index (χ4n) is 2.70. The molecule has 0 spiro atoms. The van der Waals surface area contributed by atoms with Crippen LogP contribution in [0.3, 0.4) is 0 Å². The van der Waals surface area contributed by atoms with Gasteiger partial charge in [-0.05, 0) is 62.2 Å². The molecule has 2 aromatic rings. The number of halogens is 1. The summed E-state index contributed by atoms with van der Waals surface area (Å²) in [4.78, 5) is 12.6. The summed E-state index contributed by atoms with van der Waals surface area (Å²) < 4.78 is 25.8. The number of hydrogen-bond donors (Lipinski definition) is 1. The topological polar surface area (TPSA) is 66.5 Å². The maximum Gasteiger partial charge on any atom is 0.247 e. The average Bonchev–Trinajstić information content (AvgIpc) is 2.44. The van der Waals surface area contributed by atoms with Crippen molar-refractivity contribution in [3.63, 3.8) is 0 Å². The predicted molar refractivity (Wildman–Crippen MR) is 103 cm³/mol. The molecule has 0 aliphatic rings. The minimum atomic E-state index is -3.65. The highest BCUT2D eigenvalue weighted by molar-refractivity contribution is 7.92. The molecule has 0 radical (unpaired) electrons. The Morgan fingerprint density at radius 3 is 2.24 bits per heavy atom. The highest BCUT2D eigenvalue weighted by atomic mass is 35.5. The van der Waals surface area contributed by atoms with Crippen molar-refractivity contribution in [2.75, 3.05) is 15.9 Å². The Morgan fingerprint density at radius 2 is 1.72 bits per heavy atom. The lowest BCUT2D eigenvalue weighted by molar-refractivity contribution is -0.116. The van der Waals surface area contributed by atoms with Crippen LogP contribution >= 0.6 is 11.6 Å². The van der Waals surface area contributed by atoms with Gasteiger partial charge in [-0.25, -0.2) is 8.42 Å². The molecule has 2 rings (SSSR count). The van der Waals surface area contributed by atoms with Gasteiger partial charge >= 0.3 is 0 Å². The van der Waals surface area contributed by atoms with Crippen molar-refractivity contribution in [3.05, 3.63) is 58.6 Å². The lowest BCUT2D eigenvalue weighted by Gasteiger charge is -2.28. The lowest BCUT2D eigenvalue weighted by atomic mass is 10.1. The van der Waals surface area contributed by atoms with Crippen molar-refractivity contribution in [1.82, 2.24) is 0 Å². The van der Waals surface area contributed by atoms with Crippen LogP contribution in [0.5, 0.6) is 0 Å². The minimum Gasteiger partial charge on any atom is -0.324 e. The van der Waals surface area contributed by atoms with E-state index in [1.165, 1.54) is 0 Å². The highest BCUT2D eigenvalue weighted by Crippen LogP contribution is 2.24. The van der Waals surface area contributed by atoms with E-state index in [9.17, 15) is 13.2 Å². The number of aryl methyl sites for hydroxylation is 2. The summed E-state index contributed by atoms with van der Waals surface area (Å²) in [5.41, 5.74) is 2.82. The van der Waals surface area contributed by atoms with Crippen molar-refractivity contribution >= 4 is 38.9 Å². The van der Waals surface area contributed by atoms with Crippen LogP contribution in [-0.4, -0.2) is 26.6 Å². The zero-order chi connectivity index (χ0) is 18.8. The van der Waals surface area contributed by atoms with Gasteiger partial charge in [0, 0.05) is 10.7 Å². The third-order valence-corrected chi connectivity index (χ3v) is 5.12. The van der Waals surface area contributed by atoms with E-state index >= 15 is 0 Å².